The fourth-order valence-electron chi connectivity index (χ4n) is 2.81. The number of rotatable bonds is 7. The Morgan fingerprint density at radius 3 is 2.52 bits per heavy atom. The maximum absolute atomic E-state index is 12.4. The quantitative estimate of drug-likeness (QED) is 0.807. The van der Waals surface area contributed by atoms with E-state index in [1.54, 1.807) is 6.07 Å². The molecule has 1 saturated carbocycles. The van der Waals surface area contributed by atoms with Crippen molar-refractivity contribution in [2.75, 3.05) is 6.54 Å². The summed E-state index contributed by atoms with van der Waals surface area (Å²) >= 11 is 1.36. The molecule has 0 atom stereocenters. The Labute approximate surface area is 132 Å². The Morgan fingerprint density at radius 2 is 1.90 bits per heavy atom. The highest BCUT2D eigenvalue weighted by Gasteiger charge is 2.25. The van der Waals surface area contributed by atoms with E-state index in [1.807, 2.05) is 13.0 Å². The number of hydrogen-bond acceptors (Lipinski definition) is 4. The lowest BCUT2D eigenvalue weighted by molar-refractivity contribution is 0.306. The fraction of sp³-hybridized carbons (Fsp3) is 0.733. The molecule has 1 heterocycles. The van der Waals surface area contributed by atoms with Crippen LogP contribution in [0.25, 0.3) is 0 Å². The SMILES string of the molecule is CCNCc1ccc(S(=O)(=O)NC2CCC(CC)CC2)s1. The molecule has 0 spiro atoms. The van der Waals surface area contributed by atoms with Crippen LogP contribution in [-0.2, 0) is 16.6 Å². The van der Waals surface area contributed by atoms with Gasteiger partial charge in [0.05, 0.1) is 0 Å². The molecule has 0 saturated heterocycles. The van der Waals surface area contributed by atoms with Crippen LogP contribution < -0.4 is 10.0 Å². The van der Waals surface area contributed by atoms with Crippen molar-refractivity contribution in [3.63, 3.8) is 0 Å². The van der Waals surface area contributed by atoms with Gasteiger partial charge in [-0.05, 0) is 50.3 Å². The zero-order valence-corrected chi connectivity index (χ0v) is 14.5. The second kappa shape index (κ2) is 7.72. The smallest absolute Gasteiger partial charge is 0.250 e. The monoisotopic (exact) mass is 330 g/mol. The zero-order valence-electron chi connectivity index (χ0n) is 12.9. The van der Waals surface area contributed by atoms with Gasteiger partial charge in [-0.1, -0.05) is 20.3 Å². The summed E-state index contributed by atoms with van der Waals surface area (Å²) in [5.41, 5.74) is 0. The largest absolute Gasteiger partial charge is 0.312 e. The average Bonchev–Trinajstić information content (AvgIpc) is 2.95. The van der Waals surface area contributed by atoms with E-state index in [-0.39, 0.29) is 6.04 Å². The molecule has 0 unspecified atom stereocenters. The molecule has 1 aliphatic rings. The maximum Gasteiger partial charge on any atom is 0.250 e. The predicted molar refractivity (Wildman–Crippen MR) is 88.1 cm³/mol. The van der Waals surface area contributed by atoms with Gasteiger partial charge in [-0.3, -0.25) is 0 Å². The van der Waals surface area contributed by atoms with E-state index in [0.29, 0.717) is 4.21 Å². The van der Waals surface area contributed by atoms with Crippen LogP contribution in [0.1, 0.15) is 50.8 Å². The number of nitrogens with one attached hydrogen (secondary N) is 2. The molecule has 1 aliphatic carbocycles. The second-order valence-corrected chi connectivity index (χ2v) is 8.86. The minimum atomic E-state index is -3.35. The van der Waals surface area contributed by atoms with Crippen LogP contribution in [0.2, 0.25) is 0 Å². The minimum Gasteiger partial charge on any atom is -0.312 e. The Balaban J connectivity index is 1.94. The first kappa shape index (κ1) is 16.9. The molecule has 6 heteroatoms. The molecule has 120 valence electrons. The van der Waals surface area contributed by atoms with E-state index < -0.39 is 10.0 Å². The van der Waals surface area contributed by atoms with Crippen molar-refractivity contribution in [3.05, 3.63) is 17.0 Å². The summed E-state index contributed by atoms with van der Waals surface area (Å²) < 4.78 is 28.2. The van der Waals surface area contributed by atoms with Gasteiger partial charge >= 0.3 is 0 Å². The van der Waals surface area contributed by atoms with Crippen LogP contribution >= 0.6 is 11.3 Å². The van der Waals surface area contributed by atoms with E-state index in [9.17, 15) is 8.42 Å². The molecular weight excluding hydrogens is 304 g/mol. The molecule has 0 radical (unpaired) electrons. The van der Waals surface area contributed by atoms with E-state index in [4.69, 9.17) is 0 Å². The van der Waals surface area contributed by atoms with Gasteiger partial charge in [0.1, 0.15) is 4.21 Å². The lowest BCUT2D eigenvalue weighted by atomic mass is 9.85. The molecular formula is C15H26N2O2S2. The van der Waals surface area contributed by atoms with E-state index in [0.717, 1.165) is 49.6 Å². The summed E-state index contributed by atoms with van der Waals surface area (Å²) in [7, 11) is -3.35. The predicted octanol–water partition coefficient (Wildman–Crippen LogP) is 3.10. The molecule has 0 aliphatic heterocycles. The first-order valence-corrected chi connectivity index (χ1v) is 10.2. The third-order valence-corrected chi connectivity index (χ3v) is 7.29. The summed E-state index contributed by atoms with van der Waals surface area (Å²) in [6, 6.07) is 3.73. The summed E-state index contributed by atoms with van der Waals surface area (Å²) in [6.07, 6.45) is 5.42. The number of thiophene rings is 1. The van der Waals surface area contributed by atoms with Crippen LogP contribution in [0.4, 0.5) is 0 Å². The van der Waals surface area contributed by atoms with Crippen molar-refractivity contribution in [2.24, 2.45) is 5.92 Å². The van der Waals surface area contributed by atoms with Crippen molar-refractivity contribution in [1.29, 1.82) is 0 Å². The molecule has 0 aromatic carbocycles. The van der Waals surface area contributed by atoms with Crippen LogP contribution in [0.3, 0.4) is 0 Å². The Bertz CT molecular complexity index is 532. The van der Waals surface area contributed by atoms with E-state index in [2.05, 4.69) is 17.0 Å². The molecule has 4 nitrogen and oxygen atoms in total. The summed E-state index contributed by atoms with van der Waals surface area (Å²) in [5, 5.41) is 3.22. The summed E-state index contributed by atoms with van der Waals surface area (Å²) in [5.74, 6) is 0.777. The van der Waals surface area contributed by atoms with Crippen LogP contribution in [0.15, 0.2) is 16.3 Å². The van der Waals surface area contributed by atoms with Gasteiger partial charge in [-0.25, -0.2) is 13.1 Å². The highest BCUT2D eigenvalue weighted by Crippen LogP contribution is 2.28. The third-order valence-electron chi connectivity index (χ3n) is 4.20. The summed E-state index contributed by atoms with van der Waals surface area (Å²) in [4.78, 5) is 1.06. The van der Waals surface area contributed by atoms with Gasteiger partial charge in [-0.15, -0.1) is 11.3 Å². The minimum absolute atomic E-state index is 0.108. The van der Waals surface area contributed by atoms with E-state index >= 15 is 0 Å². The van der Waals surface area contributed by atoms with E-state index in [1.165, 1.54) is 17.8 Å². The molecule has 1 aromatic heterocycles. The highest BCUT2D eigenvalue weighted by atomic mass is 32.2. The van der Waals surface area contributed by atoms with Gasteiger partial charge in [0.2, 0.25) is 10.0 Å². The van der Waals surface area contributed by atoms with Crippen LogP contribution in [-0.4, -0.2) is 21.0 Å². The molecule has 0 bridgehead atoms. The number of sulfonamides is 1. The number of hydrogen-bond donors (Lipinski definition) is 2. The standard InChI is InChI=1S/C15H26N2O2S2/c1-3-12-5-7-13(8-6-12)17-21(18,19)15-10-9-14(20-15)11-16-4-2/h9-10,12-13,16-17H,3-8,11H2,1-2H3. The Hall–Kier alpha value is -0.430. The normalized spacial score (nSPS) is 23.3. The van der Waals surface area contributed by atoms with Gasteiger partial charge < -0.3 is 5.32 Å². The Kier molecular flexibility index (Phi) is 6.22. The molecule has 21 heavy (non-hydrogen) atoms. The fourth-order valence-corrected chi connectivity index (χ4v) is 5.46. The van der Waals surface area contributed by atoms with Crippen molar-refractivity contribution in [3.8, 4) is 0 Å². The topological polar surface area (TPSA) is 58.2 Å². The average molecular weight is 331 g/mol. The van der Waals surface area contributed by atoms with Gasteiger partial charge in [0.15, 0.2) is 0 Å². The highest BCUT2D eigenvalue weighted by molar-refractivity contribution is 7.91. The van der Waals surface area contributed by atoms with Gasteiger partial charge in [-0.2, -0.15) is 0 Å². The Morgan fingerprint density at radius 1 is 1.19 bits per heavy atom. The third kappa shape index (κ3) is 4.77. The van der Waals surface area contributed by atoms with Crippen molar-refractivity contribution in [2.45, 2.75) is 62.7 Å². The molecule has 1 aromatic rings. The lowest BCUT2D eigenvalue weighted by Crippen LogP contribution is -2.37. The molecule has 0 amide bonds. The molecule has 2 rings (SSSR count). The van der Waals surface area contributed by atoms with Crippen molar-refractivity contribution >= 4 is 21.4 Å². The van der Waals surface area contributed by atoms with Gasteiger partial charge in [0.25, 0.3) is 0 Å². The first-order valence-electron chi connectivity index (χ1n) is 7.87. The van der Waals surface area contributed by atoms with Crippen LogP contribution in [0, 0.1) is 5.92 Å². The summed E-state index contributed by atoms with van der Waals surface area (Å²) in [6.45, 7) is 5.88. The molecule has 2 N–H and O–H groups in total. The van der Waals surface area contributed by atoms with Crippen LogP contribution in [0.5, 0.6) is 0 Å². The maximum atomic E-state index is 12.4. The van der Waals surface area contributed by atoms with Crippen molar-refractivity contribution in [1.82, 2.24) is 10.0 Å². The van der Waals surface area contributed by atoms with Gasteiger partial charge in [0, 0.05) is 17.5 Å². The zero-order chi connectivity index (χ0) is 15.3. The first-order chi connectivity index (χ1) is 10.0. The molecule has 1 fully saturated rings. The second-order valence-electron chi connectivity index (χ2n) is 5.75. The lowest BCUT2D eigenvalue weighted by Gasteiger charge is -2.27. The van der Waals surface area contributed by atoms with Crippen molar-refractivity contribution < 1.29 is 8.42 Å².